The lowest BCUT2D eigenvalue weighted by Gasteiger charge is -2.13. The van der Waals surface area contributed by atoms with Gasteiger partial charge in [-0.1, -0.05) is 22.0 Å². The SMILES string of the molecule is NC(CO)c1ccc(OC(F)(F)F)cc1Br. The number of aliphatic hydroxyl groups is 1. The first-order valence-corrected chi connectivity index (χ1v) is 5.04. The normalized spacial score (nSPS) is 13.6. The number of nitrogens with two attached hydrogens (primary N) is 1. The van der Waals surface area contributed by atoms with Crippen LogP contribution in [0.1, 0.15) is 11.6 Å². The molecule has 0 amide bonds. The Kier molecular flexibility index (Phi) is 4.17. The maximum Gasteiger partial charge on any atom is 0.573 e. The molecule has 0 aliphatic carbocycles. The second-order valence-corrected chi connectivity index (χ2v) is 3.87. The molecule has 1 unspecified atom stereocenters. The second-order valence-electron chi connectivity index (χ2n) is 3.02. The van der Waals surface area contributed by atoms with Gasteiger partial charge in [-0.3, -0.25) is 0 Å². The third-order valence-corrected chi connectivity index (χ3v) is 2.49. The average Bonchev–Trinajstić information content (AvgIpc) is 2.14. The van der Waals surface area contributed by atoms with Crippen LogP contribution in [-0.4, -0.2) is 18.1 Å². The van der Waals surface area contributed by atoms with Crippen molar-refractivity contribution >= 4 is 15.9 Å². The third kappa shape index (κ3) is 3.66. The van der Waals surface area contributed by atoms with Crippen LogP contribution in [0.3, 0.4) is 0 Å². The molecular formula is C9H9BrF3NO2. The Balaban J connectivity index is 2.91. The average molecular weight is 300 g/mol. The summed E-state index contributed by atoms with van der Waals surface area (Å²) in [5, 5.41) is 8.81. The number of aliphatic hydroxyl groups excluding tert-OH is 1. The van der Waals surface area contributed by atoms with E-state index in [1.165, 1.54) is 6.07 Å². The number of alkyl halides is 3. The summed E-state index contributed by atoms with van der Waals surface area (Å²) in [5.41, 5.74) is 6.04. The number of ether oxygens (including phenoxy) is 1. The van der Waals surface area contributed by atoms with Crippen molar-refractivity contribution in [2.45, 2.75) is 12.4 Å². The van der Waals surface area contributed by atoms with E-state index in [1.807, 2.05) is 0 Å². The predicted octanol–water partition coefficient (Wildman–Crippen LogP) is 2.34. The molecule has 90 valence electrons. The molecule has 0 fully saturated rings. The smallest absolute Gasteiger partial charge is 0.406 e. The molecule has 1 aromatic rings. The van der Waals surface area contributed by atoms with Crippen molar-refractivity contribution < 1.29 is 23.0 Å². The molecule has 3 nitrogen and oxygen atoms in total. The number of hydrogen-bond donors (Lipinski definition) is 2. The Bertz CT molecular complexity index is 370. The van der Waals surface area contributed by atoms with Crippen LogP contribution in [0.15, 0.2) is 22.7 Å². The fourth-order valence-corrected chi connectivity index (χ4v) is 1.76. The molecule has 0 saturated carbocycles. The summed E-state index contributed by atoms with van der Waals surface area (Å²) in [4.78, 5) is 0. The van der Waals surface area contributed by atoms with Gasteiger partial charge in [-0.2, -0.15) is 0 Å². The molecule has 1 aromatic carbocycles. The molecule has 0 spiro atoms. The van der Waals surface area contributed by atoms with Crippen molar-refractivity contribution in [3.05, 3.63) is 28.2 Å². The van der Waals surface area contributed by atoms with Gasteiger partial charge in [0.2, 0.25) is 0 Å². The quantitative estimate of drug-likeness (QED) is 0.901. The molecule has 7 heteroatoms. The van der Waals surface area contributed by atoms with Gasteiger partial charge in [0.05, 0.1) is 12.6 Å². The Hall–Kier alpha value is -0.790. The molecule has 0 aromatic heterocycles. The van der Waals surface area contributed by atoms with Crippen LogP contribution in [0, 0.1) is 0 Å². The Labute approximate surface area is 98.1 Å². The van der Waals surface area contributed by atoms with Crippen molar-refractivity contribution in [3.8, 4) is 5.75 Å². The minimum Gasteiger partial charge on any atom is -0.406 e. The van der Waals surface area contributed by atoms with Crippen molar-refractivity contribution in [1.82, 2.24) is 0 Å². The minimum absolute atomic E-state index is 0.294. The topological polar surface area (TPSA) is 55.5 Å². The highest BCUT2D eigenvalue weighted by Gasteiger charge is 2.31. The highest BCUT2D eigenvalue weighted by atomic mass is 79.9. The highest BCUT2D eigenvalue weighted by molar-refractivity contribution is 9.10. The maximum absolute atomic E-state index is 11.9. The van der Waals surface area contributed by atoms with E-state index in [1.54, 1.807) is 0 Å². The van der Waals surface area contributed by atoms with Crippen LogP contribution in [0.25, 0.3) is 0 Å². The largest absolute Gasteiger partial charge is 0.573 e. The molecule has 0 heterocycles. The van der Waals surface area contributed by atoms with Gasteiger partial charge in [-0.15, -0.1) is 13.2 Å². The first-order chi connectivity index (χ1) is 7.33. The van der Waals surface area contributed by atoms with Gasteiger partial charge in [0.15, 0.2) is 0 Å². The first kappa shape index (κ1) is 13.3. The van der Waals surface area contributed by atoms with Crippen molar-refractivity contribution in [2.24, 2.45) is 5.73 Å². The highest BCUT2D eigenvalue weighted by Crippen LogP contribution is 2.29. The Morgan fingerprint density at radius 2 is 2.06 bits per heavy atom. The standard InChI is InChI=1S/C9H9BrF3NO2/c10-7-3-5(16-9(11,12)13)1-2-6(7)8(14)4-15/h1-3,8,15H,4,14H2. The van der Waals surface area contributed by atoms with Crippen LogP contribution >= 0.6 is 15.9 Å². The maximum atomic E-state index is 11.9. The van der Waals surface area contributed by atoms with Crippen LogP contribution in [0.4, 0.5) is 13.2 Å². The summed E-state index contributed by atoms with van der Waals surface area (Å²) in [6.07, 6.45) is -4.72. The molecule has 0 aliphatic heterocycles. The van der Waals surface area contributed by atoms with Crippen LogP contribution in [-0.2, 0) is 0 Å². The molecule has 0 aliphatic rings. The van der Waals surface area contributed by atoms with E-state index >= 15 is 0 Å². The summed E-state index contributed by atoms with van der Waals surface area (Å²) in [6, 6.07) is 3.02. The van der Waals surface area contributed by atoms with Crippen molar-refractivity contribution in [2.75, 3.05) is 6.61 Å². The number of halogens is 4. The van der Waals surface area contributed by atoms with E-state index in [0.717, 1.165) is 12.1 Å². The fraction of sp³-hybridized carbons (Fsp3) is 0.333. The van der Waals surface area contributed by atoms with E-state index in [9.17, 15) is 13.2 Å². The summed E-state index contributed by atoms with van der Waals surface area (Å²) >= 11 is 3.06. The van der Waals surface area contributed by atoms with Gasteiger partial charge in [0, 0.05) is 4.47 Å². The van der Waals surface area contributed by atoms with Gasteiger partial charge >= 0.3 is 6.36 Å². The summed E-state index contributed by atoms with van der Waals surface area (Å²) in [6.45, 7) is -0.294. The molecule has 0 radical (unpaired) electrons. The molecule has 0 bridgehead atoms. The van der Waals surface area contributed by atoms with Crippen molar-refractivity contribution in [1.29, 1.82) is 0 Å². The van der Waals surface area contributed by atoms with E-state index in [-0.39, 0.29) is 12.4 Å². The first-order valence-electron chi connectivity index (χ1n) is 4.25. The Morgan fingerprint density at radius 1 is 1.44 bits per heavy atom. The molecule has 1 rings (SSSR count). The van der Waals surface area contributed by atoms with Gasteiger partial charge in [0.25, 0.3) is 0 Å². The van der Waals surface area contributed by atoms with E-state index < -0.39 is 12.4 Å². The number of rotatable bonds is 3. The summed E-state index contributed by atoms with van der Waals surface area (Å²) in [7, 11) is 0. The van der Waals surface area contributed by atoms with Crippen LogP contribution in [0.5, 0.6) is 5.75 Å². The number of hydrogen-bond acceptors (Lipinski definition) is 3. The monoisotopic (exact) mass is 299 g/mol. The zero-order chi connectivity index (χ0) is 12.3. The lowest BCUT2D eigenvalue weighted by atomic mass is 10.1. The molecule has 0 saturated heterocycles. The van der Waals surface area contributed by atoms with E-state index in [4.69, 9.17) is 10.8 Å². The lowest BCUT2D eigenvalue weighted by molar-refractivity contribution is -0.274. The zero-order valence-electron chi connectivity index (χ0n) is 7.96. The summed E-state index contributed by atoms with van der Waals surface area (Å²) in [5.74, 6) is -0.340. The van der Waals surface area contributed by atoms with Gasteiger partial charge in [0.1, 0.15) is 5.75 Å². The van der Waals surface area contributed by atoms with E-state index in [0.29, 0.717) is 10.0 Å². The zero-order valence-corrected chi connectivity index (χ0v) is 9.55. The minimum atomic E-state index is -4.72. The van der Waals surface area contributed by atoms with Crippen molar-refractivity contribution in [3.63, 3.8) is 0 Å². The lowest BCUT2D eigenvalue weighted by Crippen LogP contribution is -2.18. The molecule has 16 heavy (non-hydrogen) atoms. The predicted molar refractivity (Wildman–Crippen MR) is 54.8 cm³/mol. The van der Waals surface area contributed by atoms with Gasteiger partial charge < -0.3 is 15.6 Å². The van der Waals surface area contributed by atoms with Gasteiger partial charge in [-0.25, -0.2) is 0 Å². The van der Waals surface area contributed by atoms with E-state index in [2.05, 4.69) is 20.7 Å². The third-order valence-electron chi connectivity index (χ3n) is 1.80. The summed E-state index contributed by atoms with van der Waals surface area (Å²) < 4.78 is 39.8. The molecule has 3 N–H and O–H groups in total. The van der Waals surface area contributed by atoms with Crippen LogP contribution in [0.2, 0.25) is 0 Å². The van der Waals surface area contributed by atoms with Gasteiger partial charge in [-0.05, 0) is 17.7 Å². The molecule has 1 atom stereocenters. The Morgan fingerprint density at radius 3 is 2.50 bits per heavy atom. The number of benzene rings is 1. The van der Waals surface area contributed by atoms with Crippen LogP contribution < -0.4 is 10.5 Å². The fourth-order valence-electron chi connectivity index (χ4n) is 1.10. The molecular weight excluding hydrogens is 291 g/mol. The second kappa shape index (κ2) is 5.03.